The van der Waals surface area contributed by atoms with Crippen molar-refractivity contribution in [3.8, 4) is 24.3 Å². The van der Waals surface area contributed by atoms with Crippen LogP contribution < -0.4 is 22.9 Å². The second kappa shape index (κ2) is 15.7. The van der Waals surface area contributed by atoms with E-state index in [1.807, 2.05) is 28.2 Å². The molecule has 0 bridgehead atoms. The van der Waals surface area contributed by atoms with Gasteiger partial charge >= 0.3 is 0 Å². The molecule has 0 aromatic rings. The quantitative estimate of drug-likeness (QED) is 0.274. The minimum absolute atomic E-state index is 0.0509. The van der Waals surface area contributed by atoms with Gasteiger partial charge in [-0.25, -0.2) is 0 Å². The van der Waals surface area contributed by atoms with Crippen molar-refractivity contribution >= 4 is 0 Å². The zero-order valence-corrected chi connectivity index (χ0v) is 22.2. The number of nitriles is 4. The summed E-state index contributed by atoms with van der Waals surface area (Å²) in [7, 11) is 7.93. The topological polar surface area (TPSA) is 212 Å². The summed E-state index contributed by atoms with van der Waals surface area (Å²) in [5, 5.41) is 34.0. The van der Waals surface area contributed by atoms with Crippen LogP contribution in [0.15, 0.2) is 0 Å². The summed E-state index contributed by atoms with van der Waals surface area (Å²) in [6.07, 6.45) is 0. The van der Waals surface area contributed by atoms with Gasteiger partial charge in [-0.05, 0) is 28.2 Å². The molecule has 0 aromatic carbocycles. The molecular weight excluding hydrogens is 456 g/mol. The van der Waals surface area contributed by atoms with Crippen molar-refractivity contribution in [2.75, 3.05) is 80.5 Å². The van der Waals surface area contributed by atoms with Crippen LogP contribution in [-0.4, -0.2) is 124 Å². The second-order valence-corrected chi connectivity index (χ2v) is 10.5. The van der Waals surface area contributed by atoms with E-state index in [1.165, 1.54) is 0 Å². The second-order valence-electron chi connectivity index (χ2n) is 10.5. The van der Waals surface area contributed by atoms with E-state index >= 15 is 0 Å². The van der Waals surface area contributed by atoms with Crippen LogP contribution >= 0.6 is 0 Å². The Kier molecular flexibility index (Phi) is 13.8. The minimum atomic E-state index is 0.0509. The summed E-state index contributed by atoms with van der Waals surface area (Å²) >= 11 is 0. The fourth-order valence-electron chi connectivity index (χ4n) is 4.68. The average molecular weight is 501 g/mol. The number of nitrogens with zero attached hydrogens (tertiary/aromatic N) is 8. The molecule has 36 heavy (non-hydrogen) atoms. The first-order valence-corrected chi connectivity index (χ1v) is 12.3. The summed E-state index contributed by atoms with van der Waals surface area (Å²) in [6.45, 7) is 6.76. The Bertz CT molecular complexity index is 687. The molecule has 8 N–H and O–H groups in total. The van der Waals surface area contributed by atoms with E-state index in [2.05, 4.69) is 43.9 Å². The van der Waals surface area contributed by atoms with E-state index in [0.717, 1.165) is 52.4 Å². The third-order valence-electron chi connectivity index (χ3n) is 6.85. The average Bonchev–Trinajstić information content (AvgIpc) is 3.54. The van der Waals surface area contributed by atoms with Gasteiger partial charge in [-0.1, -0.05) is 0 Å². The van der Waals surface area contributed by atoms with Crippen LogP contribution in [0.5, 0.6) is 0 Å². The minimum Gasteiger partial charge on any atom is -0.325 e. The molecule has 12 nitrogen and oxygen atoms in total. The van der Waals surface area contributed by atoms with Gasteiger partial charge in [0.1, 0.15) is 0 Å². The van der Waals surface area contributed by atoms with Crippen LogP contribution in [0.1, 0.15) is 0 Å². The molecular formula is C24H44N12. The highest BCUT2D eigenvalue weighted by molar-refractivity contribution is 5.00. The molecule has 200 valence electrons. The van der Waals surface area contributed by atoms with E-state index in [9.17, 15) is 0 Å². The zero-order valence-electron chi connectivity index (χ0n) is 22.2. The summed E-state index contributed by atoms with van der Waals surface area (Å²) in [4.78, 5) is 8.33. The first kappa shape index (κ1) is 31.7. The molecule has 4 heterocycles. The van der Waals surface area contributed by atoms with Gasteiger partial charge in [0, 0.05) is 76.5 Å². The Morgan fingerprint density at radius 1 is 0.417 bits per heavy atom. The number of likely N-dealkylation sites (tertiary alicyclic amines) is 4. The van der Waals surface area contributed by atoms with Crippen molar-refractivity contribution in [1.29, 1.82) is 21.0 Å². The molecule has 0 amide bonds. The standard InChI is InChI=1S/4C6H11N3/c4*1-9-3-5(2-7)6(8)4-9/h4*5-6H,3-4,8H2,1H3/t2*5-,6+;2*5-,6-/m1010/s1. The molecule has 4 saturated heterocycles. The van der Waals surface area contributed by atoms with Crippen molar-refractivity contribution < 1.29 is 0 Å². The van der Waals surface area contributed by atoms with Crippen molar-refractivity contribution in [2.24, 2.45) is 46.6 Å². The Morgan fingerprint density at radius 3 is 0.639 bits per heavy atom. The maximum Gasteiger partial charge on any atom is 0.0753 e. The molecule has 4 fully saturated rings. The van der Waals surface area contributed by atoms with Gasteiger partial charge in [-0.15, -0.1) is 0 Å². The Labute approximate surface area is 216 Å². The third-order valence-corrected chi connectivity index (χ3v) is 6.85. The molecule has 0 aliphatic carbocycles. The Morgan fingerprint density at radius 2 is 0.583 bits per heavy atom. The highest BCUT2D eigenvalue weighted by Crippen LogP contribution is 2.13. The lowest BCUT2D eigenvalue weighted by atomic mass is 10.1. The predicted octanol–water partition coefficient (Wildman–Crippen LogP) is -2.40. The number of likely N-dealkylation sites (N-methyl/N-ethyl adjacent to an activating group) is 4. The smallest absolute Gasteiger partial charge is 0.0753 e. The van der Waals surface area contributed by atoms with Gasteiger partial charge in [0.05, 0.1) is 47.9 Å². The fraction of sp³-hybridized carbons (Fsp3) is 0.833. The van der Waals surface area contributed by atoms with Gasteiger partial charge in [0.2, 0.25) is 0 Å². The normalized spacial score (nSPS) is 36.6. The van der Waals surface area contributed by atoms with E-state index in [4.69, 9.17) is 44.0 Å². The van der Waals surface area contributed by atoms with Gasteiger partial charge < -0.3 is 42.5 Å². The number of hydrogen-bond acceptors (Lipinski definition) is 12. The predicted molar refractivity (Wildman–Crippen MR) is 138 cm³/mol. The van der Waals surface area contributed by atoms with Crippen LogP contribution in [0, 0.1) is 69.0 Å². The first-order valence-electron chi connectivity index (χ1n) is 12.3. The summed E-state index contributed by atoms with van der Waals surface area (Å²) in [5.41, 5.74) is 22.5. The number of hydrogen-bond donors (Lipinski definition) is 4. The van der Waals surface area contributed by atoms with E-state index in [1.54, 1.807) is 0 Å². The summed E-state index contributed by atoms with van der Waals surface area (Å²) in [6, 6.07) is 8.99. The van der Waals surface area contributed by atoms with Crippen LogP contribution in [0.3, 0.4) is 0 Å². The number of nitrogens with two attached hydrogens (primary N) is 4. The van der Waals surface area contributed by atoms with E-state index in [-0.39, 0.29) is 47.8 Å². The molecule has 0 unspecified atom stereocenters. The molecule has 4 aliphatic rings. The van der Waals surface area contributed by atoms with Crippen LogP contribution in [0.25, 0.3) is 0 Å². The van der Waals surface area contributed by atoms with Crippen LogP contribution in [0.2, 0.25) is 0 Å². The lowest BCUT2D eigenvalue weighted by Gasteiger charge is -2.03. The lowest BCUT2D eigenvalue weighted by Crippen LogP contribution is -2.28. The maximum atomic E-state index is 8.50. The SMILES string of the molecule is CN1C[C@@H](C#N)[C@@H](N)C1.CN1C[C@@H](N)[C@@H](C#N)C1.CN1C[C@@H](N)[C@H](C#N)C1.CN1C[C@H](N)[C@@H](C#N)C1. The first-order chi connectivity index (χ1) is 16.9. The van der Waals surface area contributed by atoms with Gasteiger partial charge in [-0.3, -0.25) is 0 Å². The van der Waals surface area contributed by atoms with E-state index < -0.39 is 0 Å². The maximum absolute atomic E-state index is 8.50. The zero-order chi connectivity index (χ0) is 27.4. The van der Waals surface area contributed by atoms with Crippen molar-refractivity contribution in [1.82, 2.24) is 19.6 Å². The number of rotatable bonds is 0. The van der Waals surface area contributed by atoms with Crippen molar-refractivity contribution in [2.45, 2.75) is 24.2 Å². The van der Waals surface area contributed by atoms with Gasteiger partial charge in [0.25, 0.3) is 0 Å². The van der Waals surface area contributed by atoms with E-state index in [0.29, 0.717) is 0 Å². The highest BCUT2D eigenvalue weighted by Gasteiger charge is 2.29. The summed E-state index contributed by atoms with van der Waals surface area (Å²) in [5.74, 6) is 0.204. The van der Waals surface area contributed by atoms with Crippen molar-refractivity contribution in [3.63, 3.8) is 0 Å². The largest absolute Gasteiger partial charge is 0.325 e. The molecule has 8 atom stereocenters. The molecule has 0 saturated carbocycles. The van der Waals surface area contributed by atoms with Crippen molar-refractivity contribution in [3.05, 3.63) is 0 Å². The molecule has 4 rings (SSSR count). The third kappa shape index (κ3) is 10.3. The lowest BCUT2D eigenvalue weighted by molar-refractivity contribution is 0.406. The molecule has 0 aromatic heterocycles. The molecule has 4 aliphatic heterocycles. The highest BCUT2D eigenvalue weighted by atomic mass is 15.2. The monoisotopic (exact) mass is 500 g/mol. The van der Waals surface area contributed by atoms with Gasteiger partial charge in [-0.2, -0.15) is 21.0 Å². The van der Waals surface area contributed by atoms with Crippen LogP contribution in [0.4, 0.5) is 0 Å². The van der Waals surface area contributed by atoms with Gasteiger partial charge in [0.15, 0.2) is 0 Å². The molecule has 0 spiro atoms. The Hall–Kier alpha value is -2.36. The molecule has 12 heteroatoms. The molecule has 0 radical (unpaired) electrons. The van der Waals surface area contributed by atoms with Crippen LogP contribution in [-0.2, 0) is 0 Å². The fourth-order valence-corrected chi connectivity index (χ4v) is 4.68. The Balaban J connectivity index is 0.000000240. The summed E-state index contributed by atoms with van der Waals surface area (Å²) < 4.78 is 0.